The molecule has 0 aliphatic heterocycles. The number of anilines is 3. The van der Waals surface area contributed by atoms with Crippen LogP contribution in [-0.2, 0) is 14.3 Å². The Morgan fingerprint density at radius 3 is 2.06 bits per heavy atom. The molecule has 4 aliphatic carbocycles. The number of carbonyl (C=O) groups is 1. The van der Waals surface area contributed by atoms with Crippen LogP contribution in [0.25, 0.3) is 5.57 Å². The molecule has 0 amide bonds. The molecule has 6 unspecified atom stereocenters. The van der Waals surface area contributed by atoms with E-state index in [0.29, 0.717) is 44.4 Å². The van der Waals surface area contributed by atoms with E-state index in [1.165, 1.54) is 53.8 Å². The number of esters is 1. The Morgan fingerprint density at radius 1 is 0.727 bits per heavy atom. The highest BCUT2D eigenvalue weighted by Gasteiger charge is 2.52. The van der Waals surface area contributed by atoms with E-state index in [0.717, 1.165) is 87.9 Å². The van der Waals surface area contributed by atoms with Crippen molar-refractivity contribution in [3.63, 3.8) is 0 Å². The Morgan fingerprint density at radius 2 is 1.45 bits per heavy atom. The molecule has 0 radical (unpaired) electrons. The minimum Gasteiger partial charge on any atom is -0.494 e. The second-order valence-corrected chi connectivity index (χ2v) is 25.4. The average molecular weight is 1050 g/mol. The van der Waals surface area contributed by atoms with Gasteiger partial charge in [-0.15, -0.1) is 0 Å². The maximum atomic E-state index is 14.1. The van der Waals surface area contributed by atoms with Crippen LogP contribution in [0.5, 0.6) is 5.75 Å². The Kier molecular flexibility index (Phi) is 21.4. The van der Waals surface area contributed by atoms with Gasteiger partial charge >= 0.3 is 5.97 Å². The smallest absolute Gasteiger partial charge is 0.309 e. The SMILES string of the molecule is CCC(C)(C)CC(C)C(CC)(OCCCOc1ccc(N(C2=CCCCC2)c2ccc(C3=CCC(N(C4C=CC=CC4)C4CC=CCC4)C=C3)cc2)cc1)C(C)(C)CC(C(=O)OCCCNc1ccc(C)cc1)C(C)(C)C. The van der Waals surface area contributed by atoms with Crippen molar-refractivity contribution in [1.82, 2.24) is 4.90 Å². The Labute approximate surface area is 467 Å². The van der Waals surface area contributed by atoms with Gasteiger partial charge in [0.05, 0.1) is 31.3 Å². The Hall–Kier alpha value is -5.11. The summed E-state index contributed by atoms with van der Waals surface area (Å²) >= 11 is 0. The summed E-state index contributed by atoms with van der Waals surface area (Å²) in [4.78, 5) is 19.3. The fourth-order valence-electron chi connectivity index (χ4n) is 12.9. The van der Waals surface area contributed by atoms with Gasteiger partial charge in [0.15, 0.2) is 0 Å². The number of aryl methyl sites for hydroxylation is 1. The third-order valence-electron chi connectivity index (χ3n) is 17.8. The van der Waals surface area contributed by atoms with Gasteiger partial charge in [0, 0.05) is 53.9 Å². The van der Waals surface area contributed by atoms with Gasteiger partial charge in [0.25, 0.3) is 0 Å². The fraction of sp³-hybridized carbons (Fsp3) is 0.557. The van der Waals surface area contributed by atoms with Crippen LogP contribution in [0, 0.1) is 35.0 Å². The molecule has 0 aromatic heterocycles. The molecule has 3 aromatic rings. The first-order chi connectivity index (χ1) is 36.9. The molecule has 1 N–H and O–H groups in total. The van der Waals surface area contributed by atoms with Crippen LogP contribution in [0.1, 0.15) is 177 Å². The number of carbonyl (C=O) groups excluding carboxylic acids is 1. The van der Waals surface area contributed by atoms with Crippen LogP contribution in [0.15, 0.2) is 139 Å². The minimum atomic E-state index is -0.468. The third-order valence-corrected chi connectivity index (χ3v) is 17.8. The summed E-state index contributed by atoms with van der Waals surface area (Å²) in [6.07, 6.45) is 39.1. The van der Waals surface area contributed by atoms with Crippen molar-refractivity contribution >= 4 is 28.6 Å². The van der Waals surface area contributed by atoms with Crippen LogP contribution >= 0.6 is 0 Å². The van der Waals surface area contributed by atoms with E-state index in [9.17, 15) is 4.79 Å². The lowest BCUT2D eigenvalue weighted by Gasteiger charge is -2.53. The third kappa shape index (κ3) is 16.0. The summed E-state index contributed by atoms with van der Waals surface area (Å²) in [5.41, 5.74) is 7.67. The molecular weight excluding hydrogens is 947 g/mol. The van der Waals surface area contributed by atoms with Crippen molar-refractivity contribution in [2.45, 2.75) is 196 Å². The molecule has 7 heteroatoms. The summed E-state index contributed by atoms with van der Waals surface area (Å²) in [6, 6.07) is 27.8. The quantitative estimate of drug-likeness (QED) is 0.0464. The van der Waals surface area contributed by atoms with E-state index in [1.807, 2.05) is 0 Å². The normalized spacial score (nSPS) is 20.5. The molecule has 7 nitrogen and oxygen atoms in total. The summed E-state index contributed by atoms with van der Waals surface area (Å²) < 4.78 is 19.9. The zero-order chi connectivity index (χ0) is 55.1. The number of nitrogens with zero attached hydrogens (tertiary/aromatic N) is 2. The summed E-state index contributed by atoms with van der Waals surface area (Å²) in [5.74, 6) is 0.725. The van der Waals surface area contributed by atoms with Crippen molar-refractivity contribution in [3.8, 4) is 5.75 Å². The van der Waals surface area contributed by atoms with Crippen molar-refractivity contribution < 1.29 is 19.0 Å². The highest BCUT2D eigenvalue weighted by Crippen LogP contribution is 2.52. The summed E-state index contributed by atoms with van der Waals surface area (Å²) in [6.45, 7) is 27.2. The molecule has 3 aromatic carbocycles. The van der Waals surface area contributed by atoms with Crippen LogP contribution in [0.3, 0.4) is 0 Å². The van der Waals surface area contributed by atoms with E-state index < -0.39 is 5.60 Å². The van der Waals surface area contributed by atoms with E-state index in [4.69, 9.17) is 14.2 Å². The molecule has 0 saturated carbocycles. The van der Waals surface area contributed by atoms with Gasteiger partial charge in [-0.25, -0.2) is 0 Å². The number of hydrogen-bond donors (Lipinski definition) is 1. The van der Waals surface area contributed by atoms with Crippen molar-refractivity contribution in [3.05, 3.63) is 150 Å². The number of benzene rings is 3. The second-order valence-electron chi connectivity index (χ2n) is 25.4. The van der Waals surface area contributed by atoms with Gasteiger partial charge in [0.2, 0.25) is 0 Å². The van der Waals surface area contributed by atoms with Gasteiger partial charge in [-0.3, -0.25) is 9.69 Å². The van der Waals surface area contributed by atoms with Crippen LogP contribution in [0.4, 0.5) is 17.1 Å². The number of nitrogens with one attached hydrogen (secondary N) is 1. The van der Waals surface area contributed by atoms with Gasteiger partial charge < -0.3 is 24.4 Å². The first kappa shape index (κ1) is 59.5. The highest BCUT2D eigenvalue weighted by molar-refractivity contribution is 5.78. The Balaban J connectivity index is 0.974. The molecule has 0 spiro atoms. The lowest BCUT2D eigenvalue weighted by atomic mass is 9.58. The standard InChI is InChI=1S/C70H99N3O4/c1-12-68(8,9)51-54(4)70(13-2,69(10,11)52-65(67(5,6)7)66(74)76-48-23-47-71-57-37-31-53(3)32-38-57)77-50-24-49-75-64-45-43-63(44-46-64)73(60-29-21-16-22-30-60)62-41-35-56(36-42-62)55-33-39-61(40-34-55)72(58-25-17-14-18-26-58)59-27-19-15-20-28-59/h14-15,17-19,25,29,31-39,41-46,54,58-59,61,65,71H,12-13,16,20-24,26-28,30,40,47-52H2,1-11H3. The van der Waals surface area contributed by atoms with E-state index in [2.05, 4.69) is 225 Å². The molecule has 418 valence electrons. The maximum absolute atomic E-state index is 14.1. The summed E-state index contributed by atoms with van der Waals surface area (Å²) in [7, 11) is 0. The molecule has 7 rings (SSSR count). The van der Waals surface area contributed by atoms with Crippen LogP contribution in [-0.4, -0.2) is 61.0 Å². The largest absolute Gasteiger partial charge is 0.494 e. The summed E-state index contributed by atoms with van der Waals surface area (Å²) in [5, 5.41) is 3.46. The average Bonchev–Trinajstić information content (AvgIpc) is 3.49. The fourth-order valence-corrected chi connectivity index (χ4v) is 12.9. The van der Waals surface area contributed by atoms with Gasteiger partial charge in [-0.2, -0.15) is 0 Å². The van der Waals surface area contributed by atoms with Gasteiger partial charge in [0.1, 0.15) is 5.75 Å². The van der Waals surface area contributed by atoms with Gasteiger partial charge in [-0.05, 0) is 172 Å². The minimum absolute atomic E-state index is 0.109. The van der Waals surface area contributed by atoms with Crippen LogP contribution in [0.2, 0.25) is 0 Å². The number of allylic oxidation sites excluding steroid dienone is 7. The number of hydrogen-bond acceptors (Lipinski definition) is 7. The molecule has 6 atom stereocenters. The predicted octanol–water partition coefficient (Wildman–Crippen LogP) is 18.1. The number of ether oxygens (including phenoxy) is 3. The topological polar surface area (TPSA) is 63.3 Å². The van der Waals surface area contributed by atoms with Crippen molar-refractivity contribution in [2.24, 2.45) is 28.1 Å². The lowest BCUT2D eigenvalue weighted by molar-refractivity contribution is -0.182. The number of rotatable bonds is 27. The molecular formula is C70H99N3O4. The molecule has 0 saturated heterocycles. The predicted molar refractivity (Wildman–Crippen MR) is 326 cm³/mol. The van der Waals surface area contributed by atoms with E-state index >= 15 is 0 Å². The molecule has 4 aliphatic rings. The first-order valence-electron chi connectivity index (χ1n) is 30.0. The van der Waals surface area contributed by atoms with Crippen molar-refractivity contribution in [1.29, 1.82) is 0 Å². The molecule has 0 fully saturated rings. The van der Waals surface area contributed by atoms with Crippen LogP contribution < -0.4 is 15.0 Å². The lowest BCUT2D eigenvalue weighted by Crippen LogP contribution is -2.54. The van der Waals surface area contributed by atoms with E-state index in [-0.39, 0.29) is 34.1 Å². The van der Waals surface area contributed by atoms with Gasteiger partial charge in [-0.1, -0.05) is 166 Å². The maximum Gasteiger partial charge on any atom is 0.309 e. The molecule has 77 heavy (non-hydrogen) atoms. The van der Waals surface area contributed by atoms with Crippen molar-refractivity contribution in [2.75, 3.05) is 36.6 Å². The zero-order valence-electron chi connectivity index (χ0n) is 49.6. The van der Waals surface area contributed by atoms with E-state index in [1.54, 1.807) is 0 Å². The Bertz CT molecular complexity index is 2500. The highest BCUT2D eigenvalue weighted by atomic mass is 16.5. The second kappa shape index (κ2) is 27.7. The monoisotopic (exact) mass is 1050 g/mol. The molecule has 0 heterocycles. The first-order valence-corrected chi connectivity index (χ1v) is 30.0. The molecule has 0 bridgehead atoms. The zero-order valence-corrected chi connectivity index (χ0v) is 49.6.